The molecule has 0 bridgehead atoms. The number of hydrogen-bond donors (Lipinski definition) is 0. The standard InChI is InChI=1S/C27H34O3/c1-17-4-6-18(7-5-17)25(29)30-24-11-10-22-21-9-8-19-16-20(28)12-14-26(19,2)23(21)13-15-27(22,24)3/h4-7,16,21-24H,8-15H2,1-3H3/t21-,22-,23-,24-,26-,27-/m0/s1. The fraction of sp³-hybridized carbons (Fsp3) is 0.630. The smallest absolute Gasteiger partial charge is 0.338 e. The van der Waals surface area contributed by atoms with Crippen LogP contribution in [0.25, 0.3) is 0 Å². The Morgan fingerprint density at radius 3 is 2.50 bits per heavy atom. The second-order valence-electron chi connectivity index (χ2n) is 10.9. The van der Waals surface area contributed by atoms with E-state index in [1.54, 1.807) is 0 Å². The summed E-state index contributed by atoms with van der Waals surface area (Å²) >= 11 is 0. The van der Waals surface area contributed by atoms with E-state index in [0.717, 1.165) is 37.7 Å². The zero-order chi connectivity index (χ0) is 21.1. The van der Waals surface area contributed by atoms with Gasteiger partial charge in [0.15, 0.2) is 5.78 Å². The van der Waals surface area contributed by atoms with Crippen LogP contribution in [0.15, 0.2) is 35.9 Å². The number of esters is 1. The number of hydrogen-bond acceptors (Lipinski definition) is 3. The molecule has 0 spiro atoms. The molecular weight excluding hydrogens is 372 g/mol. The molecule has 0 N–H and O–H groups in total. The van der Waals surface area contributed by atoms with Crippen LogP contribution in [-0.4, -0.2) is 17.9 Å². The highest BCUT2D eigenvalue weighted by Gasteiger charge is 2.59. The van der Waals surface area contributed by atoms with Crippen LogP contribution >= 0.6 is 0 Å². The molecule has 30 heavy (non-hydrogen) atoms. The fourth-order valence-electron chi connectivity index (χ4n) is 7.59. The first-order valence-corrected chi connectivity index (χ1v) is 11.8. The largest absolute Gasteiger partial charge is 0.458 e. The Kier molecular flexibility index (Phi) is 4.72. The summed E-state index contributed by atoms with van der Waals surface area (Å²) in [7, 11) is 0. The second-order valence-corrected chi connectivity index (χ2v) is 10.9. The molecule has 3 heteroatoms. The summed E-state index contributed by atoms with van der Waals surface area (Å²) in [5, 5.41) is 0. The van der Waals surface area contributed by atoms with Gasteiger partial charge < -0.3 is 4.74 Å². The summed E-state index contributed by atoms with van der Waals surface area (Å²) in [6.07, 6.45) is 10.5. The molecule has 160 valence electrons. The molecule has 0 aromatic heterocycles. The van der Waals surface area contributed by atoms with E-state index in [-0.39, 0.29) is 22.9 Å². The van der Waals surface area contributed by atoms with Gasteiger partial charge in [0, 0.05) is 11.8 Å². The molecular formula is C27H34O3. The average molecular weight is 407 g/mol. The van der Waals surface area contributed by atoms with Crippen LogP contribution in [-0.2, 0) is 9.53 Å². The SMILES string of the molecule is Cc1ccc(C(=O)O[C@H]2CC[C@H]3[C@@H]4CCC5=CC(=O)CC[C@]5(C)[C@H]4CC[C@]23C)cc1. The minimum absolute atomic E-state index is 0.0231. The van der Waals surface area contributed by atoms with Gasteiger partial charge in [-0.3, -0.25) is 4.79 Å². The topological polar surface area (TPSA) is 43.4 Å². The van der Waals surface area contributed by atoms with Gasteiger partial charge in [-0.2, -0.15) is 0 Å². The van der Waals surface area contributed by atoms with E-state index in [1.165, 1.54) is 18.4 Å². The third-order valence-electron chi connectivity index (χ3n) is 9.41. The predicted octanol–water partition coefficient (Wildman–Crippen LogP) is 6.05. The van der Waals surface area contributed by atoms with Crippen LogP contribution in [0.2, 0.25) is 0 Å². The highest BCUT2D eigenvalue weighted by Crippen LogP contribution is 2.65. The highest BCUT2D eigenvalue weighted by molar-refractivity contribution is 5.91. The predicted molar refractivity (Wildman–Crippen MR) is 117 cm³/mol. The quantitative estimate of drug-likeness (QED) is 0.561. The molecule has 3 fully saturated rings. The van der Waals surface area contributed by atoms with Crippen molar-refractivity contribution in [2.75, 3.05) is 0 Å². The third-order valence-corrected chi connectivity index (χ3v) is 9.41. The van der Waals surface area contributed by atoms with Gasteiger partial charge in [-0.1, -0.05) is 37.1 Å². The lowest BCUT2D eigenvalue weighted by Gasteiger charge is -2.57. The summed E-state index contributed by atoms with van der Waals surface area (Å²) in [5.41, 5.74) is 3.52. The van der Waals surface area contributed by atoms with Crippen LogP contribution < -0.4 is 0 Å². The minimum Gasteiger partial charge on any atom is -0.458 e. The average Bonchev–Trinajstić information content (AvgIpc) is 3.05. The van der Waals surface area contributed by atoms with E-state index in [0.29, 0.717) is 35.5 Å². The first-order valence-electron chi connectivity index (χ1n) is 11.8. The first-order chi connectivity index (χ1) is 14.3. The number of ketones is 1. The van der Waals surface area contributed by atoms with Gasteiger partial charge in [-0.05, 0) is 93.2 Å². The van der Waals surface area contributed by atoms with Crippen molar-refractivity contribution in [1.29, 1.82) is 0 Å². The zero-order valence-corrected chi connectivity index (χ0v) is 18.6. The zero-order valence-electron chi connectivity index (χ0n) is 18.6. The molecule has 0 unspecified atom stereocenters. The lowest BCUT2D eigenvalue weighted by molar-refractivity contribution is -0.118. The van der Waals surface area contributed by atoms with Crippen molar-refractivity contribution in [2.45, 2.75) is 78.2 Å². The van der Waals surface area contributed by atoms with Crippen molar-refractivity contribution >= 4 is 11.8 Å². The summed E-state index contributed by atoms with van der Waals surface area (Å²) in [6.45, 7) is 6.84. The Balaban J connectivity index is 1.35. The molecule has 3 nitrogen and oxygen atoms in total. The monoisotopic (exact) mass is 406 g/mol. The van der Waals surface area contributed by atoms with Gasteiger partial charge in [0.25, 0.3) is 0 Å². The molecule has 0 radical (unpaired) electrons. The number of rotatable bonds is 2. The molecule has 6 atom stereocenters. The van der Waals surface area contributed by atoms with Gasteiger partial charge in [0.2, 0.25) is 0 Å². The van der Waals surface area contributed by atoms with Crippen molar-refractivity contribution in [1.82, 2.24) is 0 Å². The van der Waals surface area contributed by atoms with Crippen molar-refractivity contribution in [2.24, 2.45) is 28.6 Å². The van der Waals surface area contributed by atoms with E-state index < -0.39 is 0 Å². The number of carbonyl (C=O) groups is 2. The maximum absolute atomic E-state index is 12.8. The van der Waals surface area contributed by atoms with Gasteiger partial charge >= 0.3 is 5.97 Å². The van der Waals surface area contributed by atoms with Gasteiger partial charge in [-0.15, -0.1) is 0 Å². The molecule has 4 aliphatic rings. The fourth-order valence-corrected chi connectivity index (χ4v) is 7.59. The van der Waals surface area contributed by atoms with Crippen LogP contribution in [0.3, 0.4) is 0 Å². The van der Waals surface area contributed by atoms with Gasteiger partial charge in [-0.25, -0.2) is 4.79 Å². The number of aryl methyl sites for hydroxylation is 1. The van der Waals surface area contributed by atoms with Crippen molar-refractivity contribution in [3.63, 3.8) is 0 Å². The van der Waals surface area contributed by atoms with Crippen molar-refractivity contribution < 1.29 is 14.3 Å². The first kappa shape index (κ1) is 20.0. The molecule has 0 saturated heterocycles. The summed E-state index contributed by atoms with van der Waals surface area (Å²) < 4.78 is 6.14. The minimum atomic E-state index is -0.171. The van der Waals surface area contributed by atoms with Crippen LogP contribution in [0.4, 0.5) is 0 Å². The van der Waals surface area contributed by atoms with Gasteiger partial charge in [0.1, 0.15) is 6.10 Å². The molecule has 0 aliphatic heterocycles. The molecule has 0 heterocycles. The number of fused-ring (bicyclic) bond motifs is 5. The third kappa shape index (κ3) is 2.99. The van der Waals surface area contributed by atoms with Crippen molar-refractivity contribution in [3.8, 4) is 0 Å². The highest BCUT2D eigenvalue weighted by atomic mass is 16.5. The van der Waals surface area contributed by atoms with E-state index in [2.05, 4.69) is 13.8 Å². The molecule has 1 aromatic rings. The Morgan fingerprint density at radius 2 is 1.73 bits per heavy atom. The lowest BCUT2D eigenvalue weighted by Crippen LogP contribution is -2.51. The number of ether oxygens (including phenoxy) is 1. The van der Waals surface area contributed by atoms with Crippen molar-refractivity contribution in [3.05, 3.63) is 47.0 Å². The molecule has 1 aromatic carbocycles. The van der Waals surface area contributed by atoms with Crippen LogP contribution in [0.5, 0.6) is 0 Å². The van der Waals surface area contributed by atoms with E-state index in [9.17, 15) is 9.59 Å². The summed E-state index contributed by atoms with van der Waals surface area (Å²) in [6, 6.07) is 7.71. The summed E-state index contributed by atoms with van der Waals surface area (Å²) in [5.74, 6) is 2.15. The van der Waals surface area contributed by atoms with E-state index in [4.69, 9.17) is 4.74 Å². The second kappa shape index (κ2) is 7.07. The molecule has 4 aliphatic carbocycles. The van der Waals surface area contributed by atoms with Gasteiger partial charge in [0.05, 0.1) is 5.56 Å². The molecule has 5 rings (SSSR count). The lowest BCUT2D eigenvalue weighted by atomic mass is 9.47. The maximum atomic E-state index is 12.8. The Labute approximate surface area is 180 Å². The number of carbonyl (C=O) groups excluding carboxylic acids is 2. The Bertz CT molecular complexity index is 897. The number of benzene rings is 1. The Hall–Kier alpha value is -1.90. The molecule has 3 saturated carbocycles. The van der Waals surface area contributed by atoms with Crippen LogP contribution in [0, 0.1) is 35.5 Å². The number of allylic oxidation sites excluding steroid dienone is 1. The normalized spacial score (nSPS) is 40.1. The maximum Gasteiger partial charge on any atom is 0.338 e. The Morgan fingerprint density at radius 1 is 0.967 bits per heavy atom. The van der Waals surface area contributed by atoms with Crippen LogP contribution in [0.1, 0.15) is 81.1 Å². The molecule has 0 amide bonds. The summed E-state index contributed by atoms with van der Waals surface area (Å²) in [4.78, 5) is 24.8. The van der Waals surface area contributed by atoms with E-state index >= 15 is 0 Å². The van der Waals surface area contributed by atoms with E-state index in [1.807, 2.05) is 37.3 Å².